The Morgan fingerprint density at radius 1 is 1.59 bits per heavy atom. The molecule has 1 aliphatic rings. The van der Waals surface area contributed by atoms with Crippen molar-refractivity contribution >= 4 is 5.82 Å². The Balaban J connectivity index is 1.98. The number of nitrogens with zero attached hydrogens (tertiary/aromatic N) is 1. The average Bonchev–Trinajstić information content (AvgIpc) is 2.22. The Morgan fingerprint density at radius 2 is 2.29 bits per heavy atom. The van der Waals surface area contributed by atoms with E-state index in [2.05, 4.69) is 15.3 Å². The molecule has 1 aromatic heterocycles. The van der Waals surface area contributed by atoms with Crippen molar-refractivity contribution in [2.45, 2.75) is 38.6 Å². The van der Waals surface area contributed by atoms with Crippen molar-refractivity contribution in [1.82, 2.24) is 9.97 Å². The number of aromatic nitrogens is 2. The van der Waals surface area contributed by atoms with Crippen LogP contribution in [0, 0.1) is 5.92 Å². The second-order valence-electron chi connectivity index (χ2n) is 5.15. The van der Waals surface area contributed by atoms with Crippen molar-refractivity contribution in [2.24, 2.45) is 11.7 Å². The first-order valence-corrected chi connectivity index (χ1v) is 6.15. The first-order valence-electron chi connectivity index (χ1n) is 6.15. The van der Waals surface area contributed by atoms with Gasteiger partial charge in [-0.2, -0.15) is 0 Å². The van der Waals surface area contributed by atoms with Gasteiger partial charge in [-0.15, -0.1) is 0 Å². The maximum atomic E-state index is 11.4. The smallest absolute Gasteiger partial charge is 0.252 e. The van der Waals surface area contributed by atoms with E-state index in [1.54, 1.807) is 0 Å². The summed E-state index contributed by atoms with van der Waals surface area (Å²) in [6.07, 6.45) is 2.13. The number of rotatable bonds is 4. The third-order valence-electron chi connectivity index (χ3n) is 3.15. The van der Waals surface area contributed by atoms with Crippen LogP contribution < -0.4 is 16.6 Å². The Bertz CT molecular complexity index is 434. The Hall–Kier alpha value is -1.36. The molecule has 1 fully saturated rings. The summed E-state index contributed by atoms with van der Waals surface area (Å²) in [6.45, 7) is 4.86. The molecule has 2 rings (SSSR count). The molecule has 0 aromatic carbocycles. The van der Waals surface area contributed by atoms with Crippen molar-refractivity contribution < 1.29 is 0 Å². The van der Waals surface area contributed by atoms with Crippen molar-refractivity contribution in [3.8, 4) is 0 Å². The molecule has 0 spiro atoms. The Morgan fingerprint density at radius 3 is 2.88 bits per heavy atom. The summed E-state index contributed by atoms with van der Waals surface area (Å²) in [5.74, 6) is 2.23. The zero-order valence-corrected chi connectivity index (χ0v) is 10.4. The molecule has 1 heterocycles. The van der Waals surface area contributed by atoms with E-state index in [-0.39, 0.29) is 11.5 Å². The molecule has 1 aliphatic carbocycles. The van der Waals surface area contributed by atoms with Crippen LogP contribution in [0.1, 0.15) is 38.4 Å². The van der Waals surface area contributed by atoms with Gasteiger partial charge in [-0.3, -0.25) is 4.79 Å². The monoisotopic (exact) mass is 236 g/mol. The maximum absolute atomic E-state index is 11.4. The Kier molecular flexibility index (Phi) is 3.47. The SMILES string of the molecule is CC(C)c1nc(NCC2CC(N)C2)cc(=O)[nH]1. The van der Waals surface area contributed by atoms with E-state index in [1.807, 2.05) is 13.8 Å². The Labute approximate surface area is 101 Å². The van der Waals surface area contributed by atoms with Gasteiger partial charge in [0.15, 0.2) is 0 Å². The fraction of sp³-hybridized carbons (Fsp3) is 0.667. The lowest BCUT2D eigenvalue weighted by molar-refractivity contribution is 0.280. The van der Waals surface area contributed by atoms with Gasteiger partial charge in [-0.1, -0.05) is 13.8 Å². The molecule has 0 aliphatic heterocycles. The third kappa shape index (κ3) is 3.06. The minimum atomic E-state index is -0.100. The molecule has 4 N–H and O–H groups in total. The molecule has 1 aromatic rings. The minimum absolute atomic E-state index is 0.100. The van der Waals surface area contributed by atoms with Crippen LogP contribution in [0.4, 0.5) is 5.82 Å². The van der Waals surface area contributed by atoms with Gasteiger partial charge in [0, 0.05) is 24.6 Å². The molecule has 17 heavy (non-hydrogen) atoms. The molecule has 5 nitrogen and oxygen atoms in total. The summed E-state index contributed by atoms with van der Waals surface area (Å²) in [6, 6.07) is 1.87. The summed E-state index contributed by atoms with van der Waals surface area (Å²) >= 11 is 0. The molecule has 1 saturated carbocycles. The molecular weight excluding hydrogens is 216 g/mol. The van der Waals surface area contributed by atoms with Gasteiger partial charge in [-0.05, 0) is 18.8 Å². The molecule has 94 valence electrons. The van der Waals surface area contributed by atoms with Crippen LogP contribution in [-0.4, -0.2) is 22.6 Å². The number of hydrogen-bond acceptors (Lipinski definition) is 4. The highest BCUT2D eigenvalue weighted by molar-refractivity contribution is 5.33. The summed E-state index contributed by atoms with van der Waals surface area (Å²) in [7, 11) is 0. The lowest BCUT2D eigenvalue weighted by Gasteiger charge is -2.32. The van der Waals surface area contributed by atoms with Gasteiger partial charge in [0.25, 0.3) is 5.56 Å². The van der Waals surface area contributed by atoms with Crippen LogP contribution in [0.2, 0.25) is 0 Å². The van der Waals surface area contributed by atoms with Crippen LogP contribution in [0.25, 0.3) is 0 Å². The average molecular weight is 236 g/mol. The lowest BCUT2D eigenvalue weighted by atomic mass is 9.81. The lowest BCUT2D eigenvalue weighted by Crippen LogP contribution is -2.39. The van der Waals surface area contributed by atoms with Gasteiger partial charge in [0.05, 0.1) is 0 Å². The zero-order chi connectivity index (χ0) is 12.4. The highest BCUT2D eigenvalue weighted by atomic mass is 16.1. The van der Waals surface area contributed by atoms with Crippen molar-refractivity contribution in [3.63, 3.8) is 0 Å². The molecule has 0 radical (unpaired) electrons. The number of hydrogen-bond donors (Lipinski definition) is 3. The van der Waals surface area contributed by atoms with Crippen LogP contribution >= 0.6 is 0 Å². The number of aromatic amines is 1. The predicted octanol–water partition coefficient (Wildman–Crippen LogP) is 1.04. The van der Waals surface area contributed by atoms with Crippen molar-refractivity contribution in [1.29, 1.82) is 0 Å². The van der Waals surface area contributed by atoms with Gasteiger partial charge in [-0.25, -0.2) is 4.98 Å². The number of anilines is 1. The van der Waals surface area contributed by atoms with E-state index in [1.165, 1.54) is 6.07 Å². The summed E-state index contributed by atoms with van der Waals surface area (Å²) in [5, 5.41) is 3.22. The second kappa shape index (κ2) is 4.87. The van der Waals surface area contributed by atoms with Crippen LogP contribution in [0.3, 0.4) is 0 Å². The van der Waals surface area contributed by atoms with Crippen LogP contribution in [-0.2, 0) is 0 Å². The minimum Gasteiger partial charge on any atom is -0.370 e. The fourth-order valence-electron chi connectivity index (χ4n) is 2.04. The maximum Gasteiger partial charge on any atom is 0.252 e. The third-order valence-corrected chi connectivity index (χ3v) is 3.15. The first kappa shape index (κ1) is 12.1. The van der Waals surface area contributed by atoms with E-state index in [9.17, 15) is 4.79 Å². The molecule has 0 amide bonds. The quantitative estimate of drug-likeness (QED) is 0.729. The summed E-state index contributed by atoms with van der Waals surface area (Å²) < 4.78 is 0. The number of nitrogens with one attached hydrogen (secondary N) is 2. The van der Waals surface area contributed by atoms with E-state index < -0.39 is 0 Å². The zero-order valence-electron chi connectivity index (χ0n) is 10.4. The fourth-order valence-corrected chi connectivity index (χ4v) is 2.04. The van der Waals surface area contributed by atoms with Gasteiger partial charge in [0.1, 0.15) is 11.6 Å². The van der Waals surface area contributed by atoms with Crippen LogP contribution in [0.15, 0.2) is 10.9 Å². The summed E-state index contributed by atoms with van der Waals surface area (Å²) in [5.41, 5.74) is 5.63. The molecule has 0 bridgehead atoms. The highest BCUT2D eigenvalue weighted by Gasteiger charge is 2.25. The standard InChI is InChI=1S/C12H20N4O/c1-7(2)12-15-10(5-11(17)16-12)14-6-8-3-9(13)4-8/h5,7-9H,3-4,6,13H2,1-2H3,(H2,14,15,16,17). The first-order chi connectivity index (χ1) is 8.04. The van der Waals surface area contributed by atoms with Gasteiger partial charge >= 0.3 is 0 Å². The topological polar surface area (TPSA) is 83.8 Å². The summed E-state index contributed by atoms with van der Waals surface area (Å²) in [4.78, 5) is 18.6. The van der Waals surface area contributed by atoms with Crippen LogP contribution in [0.5, 0.6) is 0 Å². The number of nitrogens with two attached hydrogens (primary N) is 1. The molecular formula is C12H20N4O. The van der Waals surface area contributed by atoms with Crippen molar-refractivity contribution in [3.05, 3.63) is 22.2 Å². The molecule has 0 unspecified atom stereocenters. The second-order valence-corrected chi connectivity index (χ2v) is 5.15. The predicted molar refractivity (Wildman–Crippen MR) is 68.1 cm³/mol. The van der Waals surface area contributed by atoms with Crippen molar-refractivity contribution in [2.75, 3.05) is 11.9 Å². The van der Waals surface area contributed by atoms with E-state index >= 15 is 0 Å². The molecule has 5 heteroatoms. The van der Waals surface area contributed by atoms with Gasteiger partial charge < -0.3 is 16.0 Å². The molecule has 0 atom stereocenters. The largest absolute Gasteiger partial charge is 0.370 e. The highest BCUT2D eigenvalue weighted by Crippen LogP contribution is 2.25. The van der Waals surface area contributed by atoms with E-state index in [0.29, 0.717) is 17.8 Å². The van der Waals surface area contributed by atoms with E-state index in [0.717, 1.165) is 25.2 Å². The normalized spacial score (nSPS) is 23.5. The molecule has 0 saturated heterocycles. The van der Waals surface area contributed by atoms with Gasteiger partial charge in [0.2, 0.25) is 0 Å². The van der Waals surface area contributed by atoms with E-state index in [4.69, 9.17) is 5.73 Å². The number of H-pyrrole nitrogens is 1.